The van der Waals surface area contributed by atoms with E-state index in [9.17, 15) is 4.79 Å². The molecule has 0 spiro atoms. The van der Waals surface area contributed by atoms with E-state index in [0.717, 1.165) is 11.8 Å². The summed E-state index contributed by atoms with van der Waals surface area (Å²) in [4.78, 5) is 15.2. The van der Waals surface area contributed by atoms with Crippen molar-refractivity contribution in [1.29, 1.82) is 0 Å². The molecule has 0 amide bonds. The summed E-state index contributed by atoms with van der Waals surface area (Å²) in [7, 11) is 0. The summed E-state index contributed by atoms with van der Waals surface area (Å²) in [5.74, 6) is 0.180. The van der Waals surface area contributed by atoms with E-state index in [-0.39, 0.29) is 11.7 Å². The molecule has 0 aliphatic carbocycles. The van der Waals surface area contributed by atoms with Crippen LogP contribution >= 0.6 is 11.8 Å². The fraction of sp³-hybridized carbons (Fsp3) is 0.273. The van der Waals surface area contributed by atoms with Gasteiger partial charge in [0.05, 0.1) is 6.61 Å². The van der Waals surface area contributed by atoms with Crippen molar-refractivity contribution in [2.75, 3.05) is 12.4 Å². The smallest absolute Gasteiger partial charge is 0.316 e. The molecule has 0 aliphatic rings. The molecule has 0 unspecified atom stereocenters. The number of thioether (sulfide) groups is 1. The minimum atomic E-state index is -0.305. The van der Waals surface area contributed by atoms with Crippen LogP contribution in [0.2, 0.25) is 0 Å². The second kappa shape index (κ2) is 6.15. The van der Waals surface area contributed by atoms with E-state index in [1.165, 1.54) is 0 Å². The second-order valence-corrected chi connectivity index (χ2v) is 4.11. The van der Waals surface area contributed by atoms with Crippen LogP contribution in [0.25, 0.3) is 11.6 Å². The number of pyridine rings is 1. The Hall–Kier alpha value is -1.89. The molecule has 0 atom stereocenters. The first-order valence-electron chi connectivity index (χ1n) is 5.33. The molecule has 18 heavy (non-hydrogen) atoms. The monoisotopic (exact) mass is 265 g/mol. The fourth-order valence-corrected chi connectivity index (χ4v) is 1.75. The molecule has 0 radical (unpaired) electrons. The summed E-state index contributed by atoms with van der Waals surface area (Å²) in [6, 6.07) is 5.40. The minimum absolute atomic E-state index is 0.150. The maximum atomic E-state index is 11.1. The highest BCUT2D eigenvalue weighted by Crippen LogP contribution is 2.21. The first-order chi connectivity index (χ1) is 8.79. The predicted octanol–water partition coefficient (Wildman–Crippen LogP) is 1.79. The van der Waals surface area contributed by atoms with Crippen molar-refractivity contribution in [3.05, 3.63) is 24.4 Å². The predicted molar refractivity (Wildman–Crippen MR) is 64.9 cm³/mol. The van der Waals surface area contributed by atoms with Crippen LogP contribution in [0.15, 0.2) is 34.0 Å². The molecular weight excluding hydrogens is 254 g/mol. The highest BCUT2D eigenvalue weighted by atomic mass is 32.2. The van der Waals surface area contributed by atoms with E-state index >= 15 is 0 Å². The Bertz CT molecular complexity index is 515. The number of carbonyl (C=O) groups is 1. The largest absolute Gasteiger partial charge is 0.465 e. The van der Waals surface area contributed by atoms with Gasteiger partial charge in [0, 0.05) is 6.20 Å². The van der Waals surface area contributed by atoms with Crippen LogP contribution in [0, 0.1) is 0 Å². The summed E-state index contributed by atoms with van der Waals surface area (Å²) in [5.41, 5.74) is 0.605. The molecule has 0 N–H and O–H groups in total. The third kappa shape index (κ3) is 3.30. The summed E-state index contributed by atoms with van der Waals surface area (Å²) in [5, 5.41) is 8.00. The maximum Gasteiger partial charge on any atom is 0.316 e. The molecule has 2 aromatic heterocycles. The van der Waals surface area contributed by atoms with Crippen LogP contribution in [0.1, 0.15) is 6.92 Å². The third-order valence-corrected chi connectivity index (χ3v) is 2.70. The lowest BCUT2D eigenvalue weighted by atomic mass is 10.3. The van der Waals surface area contributed by atoms with Gasteiger partial charge in [-0.15, -0.1) is 10.2 Å². The number of nitrogens with zero attached hydrogens (tertiary/aromatic N) is 3. The first kappa shape index (κ1) is 12.6. The van der Waals surface area contributed by atoms with Gasteiger partial charge >= 0.3 is 5.97 Å². The maximum absolute atomic E-state index is 11.1. The fourth-order valence-electron chi connectivity index (χ4n) is 1.18. The van der Waals surface area contributed by atoms with E-state index in [4.69, 9.17) is 9.15 Å². The highest BCUT2D eigenvalue weighted by Gasteiger charge is 2.11. The van der Waals surface area contributed by atoms with E-state index in [1.54, 1.807) is 25.3 Å². The highest BCUT2D eigenvalue weighted by molar-refractivity contribution is 7.99. The number of aromatic nitrogens is 3. The van der Waals surface area contributed by atoms with Crippen molar-refractivity contribution >= 4 is 17.7 Å². The number of hydrogen-bond acceptors (Lipinski definition) is 7. The topological polar surface area (TPSA) is 78.1 Å². The van der Waals surface area contributed by atoms with E-state index < -0.39 is 0 Å². The summed E-state index contributed by atoms with van der Waals surface area (Å²) in [6.07, 6.45) is 1.64. The van der Waals surface area contributed by atoms with Gasteiger partial charge in [-0.1, -0.05) is 17.8 Å². The van der Waals surface area contributed by atoms with E-state index in [2.05, 4.69) is 15.2 Å². The molecule has 0 saturated carbocycles. The summed E-state index contributed by atoms with van der Waals surface area (Å²) >= 11 is 1.14. The minimum Gasteiger partial charge on any atom is -0.465 e. The lowest BCUT2D eigenvalue weighted by Gasteiger charge is -1.97. The SMILES string of the molecule is CCOC(=O)CSc1nnc(-c2ccccn2)o1. The van der Waals surface area contributed by atoms with Crippen molar-refractivity contribution in [3.8, 4) is 11.6 Å². The van der Waals surface area contributed by atoms with Gasteiger partial charge in [0.2, 0.25) is 0 Å². The Morgan fingerprint density at radius 1 is 1.44 bits per heavy atom. The van der Waals surface area contributed by atoms with Crippen molar-refractivity contribution in [2.45, 2.75) is 12.1 Å². The zero-order chi connectivity index (χ0) is 12.8. The van der Waals surface area contributed by atoms with Gasteiger partial charge < -0.3 is 9.15 Å². The zero-order valence-corrected chi connectivity index (χ0v) is 10.5. The molecule has 0 aromatic carbocycles. The van der Waals surface area contributed by atoms with Gasteiger partial charge in [0.1, 0.15) is 11.4 Å². The number of esters is 1. The first-order valence-corrected chi connectivity index (χ1v) is 6.31. The third-order valence-electron chi connectivity index (χ3n) is 1.91. The van der Waals surface area contributed by atoms with Gasteiger partial charge in [0.25, 0.3) is 11.1 Å². The van der Waals surface area contributed by atoms with E-state index in [0.29, 0.717) is 23.4 Å². The molecule has 0 bridgehead atoms. The van der Waals surface area contributed by atoms with Crippen molar-refractivity contribution in [2.24, 2.45) is 0 Å². The quantitative estimate of drug-likeness (QED) is 0.602. The number of rotatable bonds is 5. The van der Waals surface area contributed by atoms with Gasteiger partial charge in [-0.05, 0) is 19.1 Å². The molecule has 6 nitrogen and oxygen atoms in total. The lowest BCUT2D eigenvalue weighted by Crippen LogP contribution is -2.06. The van der Waals surface area contributed by atoms with Gasteiger partial charge in [-0.3, -0.25) is 9.78 Å². The number of hydrogen-bond donors (Lipinski definition) is 0. The Kier molecular flexibility index (Phi) is 4.30. The van der Waals surface area contributed by atoms with Crippen LogP contribution in [-0.2, 0) is 9.53 Å². The van der Waals surface area contributed by atoms with Gasteiger partial charge in [-0.25, -0.2) is 0 Å². The molecule has 2 heterocycles. The molecule has 94 valence electrons. The lowest BCUT2D eigenvalue weighted by molar-refractivity contribution is -0.139. The Morgan fingerprint density at radius 3 is 3.06 bits per heavy atom. The molecule has 2 rings (SSSR count). The van der Waals surface area contributed by atoms with Gasteiger partial charge in [0.15, 0.2) is 0 Å². The number of carbonyl (C=O) groups excluding carboxylic acids is 1. The van der Waals surface area contributed by atoms with Crippen LogP contribution in [0.5, 0.6) is 0 Å². The Morgan fingerprint density at radius 2 is 2.33 bits per heavy atom. The molecule has 0 saturated heterocycles. The van der Waals surface area contributed by atoms with Crippen LogP contribution in [0.4, 0.5) is 0 Å². The molecule has 2 aromatic rings. The average molecular weight is 265 g/mol. The molecule has 7 heteroatoms. The molecule has 0 fully saturated rings. The van der Waals surface area contributed by atoms with Crippen molar-refractivity contribution in [3.63, 3.8) is 0 Å². The normalized spacial score (nSPS) is 10.3. The van der Waals surface area contributed by atoms with Crippen LogP contribution in [-0.4, -0.2) is 33.5 Å². The second-order valence-electron chi connectivity index (χ2n) is 3.18. The van der Waals surface area contributed by atoms with Crippen molar-refractivity contribution < 1.29 is 13.9 Å². The molecule has 0 aliphatic heterocycles. The Labute approximate surface area is 108 Å². The van der Waals surface area contributed by atoms with Crippen LogP contribution < -0.4 is 0 Å². The summed E-state index contributed by atoms with van der Waals surface area (Å²) < 4.78 is 10.2. The van der Waals surface area contributed by atoms with E-state index in [1.807, 2.05) is 6.07 Å². The zero-order valence-electron chi connectivity index (χ0n) is 9.70. The average Bonchev–Trinajstić information content (AvgIpc) is 2.87. The summed E-state index contributed by atoms with van der Waals surface area (Å²) in [6.45, 7) is 2.12. The van der Waals surface area contributed by atoms with Gasteiger partial charge in [-0.2, -0.15) is 0 Å². The Balaban J connectivity index is 1.97. The molecular formula is C11H11N3O3S. The van der Waals surface area contributed by atoms with Crippen molar-refractivity contribution in [1.82, 2.24) is 15.2 Å². The van der Waals surface area contributed by atoms with Crippen LogP contribution in [0.3, 0.4) is 0 Å². The number of ether oxygens (including phenoxy) is 1. The standard InChI is InChI=1S/C11H11N3O3S/c1-2-16-9(15)7-18-11-14-13-10(17-11)8-5-3-4-6-12-8/h3-6H,2,7H2,1H3.